The number of nitrogens with zero attached hydrogens (tertiary/aromatic N) is 4. The van der Waals surface area contributed by atoms with Crippen LogP contribution in [-0.2, 0) is 6.42 Å². The summed E-state index contributed by atoms with van der Waals surface area (Å²) in [5.41, 5.74) is 4.23. The van der Waals surface area contributed by atoms with Gasteiger partial charge in [-0.25, -0.2) is 4.52 Å². The topological polar surface area (TPSA) is 59.7 Å². The smallest absolute Gasteiger partial charge is 0.296 e. The van der Waals surface area contributed by atoms with Crippen LogP contribution in [0.25, 0.3) is 16.2 Å². The van der Waals surface area contributed by atoms with Crippen LogP contribution in [0.2, 0.25) is 0 Å². The lowest BCUT2D eigenvalue weighted by Crippen LogP contribution is -2.28. The lowest BCUT2D eigenvalue weighted by Gasteiger charge is -2.18. The van der Waals surface area contributed by atoms with Gasteiger partial charge in [0.25, 0.3) is 5.56 Å². The fourth-order valence-electron chi connectivity index (χ4n) is 3.68. The number of fused-ring (bicyclic) bond motifs is 1. The van der Waals surface area contributed by atoms with E-state index in [9.17, 15) is 4.79 Å². The van der Waals surface area contributed by atoms with Crippen molar-refractivity contribution in [2.45, 2.75) is 27.2 Å². The number of hydrogen-bond donors (Lipinski definition) is 0. The zero-order valence-corrected chi connectivity index (χ0v) is 19.6. The SMILES string of the molecule is CCN(CC)CCOc1ccc(-c2csc3nc(=O)c(Cc4ccccc4)nn23)cc1C. The van der Waals surface area contributed by atoms with Crippen LogP contribution < -0.4 is 10.3 Å². The zero-order valence-electron chi connectivity index (χ0n) is 18.7. The second-order valence-electron chi connectivity index (χ2n) is 7.70. The highest BCUT2D eigenvalue weighted by molar-refractivity contribution is 7.15. The highest BCUT2D eigenvalue weighted by Crippen LogP contribution is 2.28. The van der Waals surface area contributed by atoms with Gasteiger partial charge in [-0.3, -0.25) is 4.79 Å². The molecule has 0 unspecified atom stereocenters. The number of hydrogen-bond acceptors (Lipinski definition) is 6. The minimum absolute atomic E-state index is 0.268. The molecule has 2 aromatic heterocycles. The van der Waals surface area contributed by atoms with Crippen molar-refractivity contribution in [3.8, 4) is 17.0 Å². The first-order valence-electron chi connectivity index (χ1n) is 11.0. The van der Waals surface area contributed by atoms with Crippen LogP contribution in [0.1, 0.15) is 30.7 Å². The summed E-state index contributed by atoms with van der Waals surface area (Å²) < 4.78 is 7.79. The molecule has 0 radical (unpaired) electrons. The minimum Gasteiger partial charge on any atom is -0.492 e. The Labute approximate surface area is 192 Å². The van der Waals surface area contributed by atoms with Crippen LogP contribution in [-0.4, -0.2) is 45.7 Å². The predicted molar refractivity (Wildman–Crippen MR) is 130 cm³/mol. The van der Waals surface area contributed by atoms with Crippen molar-refractivity contribution in [2.75, 3.05) is 26.2 Å². The molecule has 0 aliphatic carbocycles. The lowest BCUT2D eigenvalue weighted by molar-refractivity contribution is 0.222. The van der Waals surface area contributed by atoms with Crippen molar-refractivity contribution in [2.24, 2.45) is 0 Å². The molecule has 32 heavy (non-hydrogen) atoms. The molecule has 0 amide bonds. The molecule has 2 aromatic carbocycles. The number of benzene rings is 2. The Balaban J connectivity index is 1.58. The minimum atomic E-state index is -0.268. The molecule has 0 fully saturated rings. The summed E-state index contributed by atoms with van der Waals surface area (Å²) in [4.78, 5) is 19.7. The Kier molecular flexibility index (Phi) is 6.97. The highest BCUT2D eigenvalue weighted by Gasteiger charge is 2.14. The Morgan fingerprint density at radius 2 is 1.88 bits per heavy atom. The third-order valence-electron chi connectivity index (χ3n) is 5.59. The first-order chi connectivity index (χ1) is 15.6. The molecule has 166 valence electrons. The lowest BCUT2D eigenvalue weighted by atomic mass is 10.1. The molecule has 0 aliphatic heterocycles. The molecule has 0 spiro atoms. The fourth-order valence-corrected chi connectivity index (χ4v) is 4.51. The molecule has 0 atom stereocenters. The second kappa shape index (κ2) is 10.1. The molecule has 4 aromatic rings. The highest BCUT2D eigenvalue weighted by atomic mass is 32.1. The van der Waals surface area contributed by atoms with Crippen LogP contribution in [0.15, 0.2) is 58.7 Å². The van der Waals surface area contributed by atoms with Gasteiger partial charge in [0.1, 0.15) is 18.1 Å². The number of aromatic nitrogens is 3. The standard InChI is InChI=1S/C25H28N4O2S/c1-4-28(5-2)13-14-31-23-12-11-20(15-18(23)3)22-17-32-25-26-24(30)21(27-29(22)25)16-19-9-7-6-8-10-19/h6-12,15,17H,4-5,13-14,16H2,1-3H3. The molecular weight excluding hydrogens is 420 g/mol. The summed E-state index contributed by atoms with van der Waals surface area (Å²) in [7, 11) is 0. The van der Waals surface area contributed by atoms with Gasteiger partial charge in [-0.05, 0) is 49.3 Å². The van der Waals surface area contributed by atoms with E-state index in [4.69, 9.17) is 4.74 Å². The molecule has 0 N–H and O–H groups in total. The van der Waals surface area contributed by atoms with Gasteiger partial charge in [0, 0.05) is 23.9 Å². The van der Waals surface area contributed by atoms with Crippen LogP contribution in [0.3, 0.4) is 0 Å². The van der Waals surface area contributed by atoms with E-state index >= 15 is 0 Å². The monoisotopic (exact) mass is 448 g/mol. The predicted octanol–water partition coefficient (Wildman–Crippen LogP) is 4.44. The summed E-state index contributed by atoms with van der Waals surface area (Å²) >= 11 is 1.42. The van der Waals surface area contributed by atoms with Gasteiger partial charge in [0.2, 0.25) is 4.96 Å². The number of likely N-dealkylation sites (N-methyl/N-ethyl adjacent to an activating group) is 1. The Hall–Kier alpha value is -3.03. The zero-order chi connectivity index (χ0) is 22.5. The van der Waals surface area contributed by atoms with Gasteiger partial charge in [0.15, 0.2) is 0 Å². The Bertz CT molecular complexity index is 1250. The van der Waals surface area contributed by atoms with Gasteiger partial charge in [-0.2, -0.15) is 10.1 Å². The van der Waals surface area contributed by atoms with Gasteiger partial charge in [-0.15, -0.1) is 11.3 Å². The number of ether oxygens (including phenoxy) is 1. The quantitative estimate of drug-likeness (QED) is 0.379. The summed E-state index contributed by atoms with van der Waals surface area (Å²) in [6.07, 6.45) is 0.462. The number of thiazole rings is 1. The third-order valence-corrected chi connectivity index (χ3v) is 6.41. The van der Waals surface area contributed by atoms with Crippen molar-refractivity contribution in [3.63, 3.8) is 0 Å². The van der Waals surface area contributed by atoms with E-state index in [1.807, 2.05) is 47.8 Å². The average Bonchev–Trinajstić information content (AvgIpc) is 3.21. The molecular formula is C25H28N4O2S. The summed E-state index contributed by atoms with van der Waals surface area (Å²) in [6, 6.07) is 16.0. The van der Waals surface area contributed by atoms with E-state index in [-0.39, 0.29) is 5.56 Å². The third kappa shape index (κ3) is 4.89. The first-order valence-corrected chi connectivity index (χ1v) is 11.8. The van der Waals surface area contributed by atoms with Crippen LogP contribution in [0.5, 0.6) is 5.75 Å². The molecule has 0 bridgehead atoms. The van der Waals surface area contributed by atoms with Gasteiger partial charge < -0.3 is 9.64 Å². The fraction of sp³-hybridized carbons (Fsp3) is 0.320. The van der Waals surface area contributed by atoms with Crippen LogP contribution >= 0.6 is 11.3 Å². The largest absolute Gasteiger partial charge is 0.492 e. The maximum absolute atomic E-state index is 12.5. The van der Waals surface area contributed by atoms with Crippen LogP contribution in [0, 0.1) is 6.92 Å². The van der Waals surface area contributed by atoms with E-state index in [1.54, 1.807) is 4.52 Å². The first kappa shape index (κ1) is 22.2. The van der Waals surface area contributed by atoms with Gasteiger partial charge in [-0.1, -0.05) is 44.2 Å². The summed E-state index contributed by atoms with van der Waals surface area (Å²) in [5.74, 6) is 0.892. The maximum Gasteiger partial charge on any atom is 0.296 e. The van der Waals surface area contributed by atoms with Gasteiger partial charge in [0.05, 0.1) is 5.69 Å². The molecule has 4 rings (SSSR count). The van der Waals surface area contributed by atoms with Crippen LogP contribution in [0.4, 0.5) is 0 Å². The molecule has 0 saturated carbocycles. The van der Waals surface area contributed by atoms with Gasteiger partial charge >= 0.3 is 0 Å². The van der Waals surface area contributed by atoms with Crippen molar-refractivity contribution in [3.05, 3.63) is 81.1 Å². The molecule has 7 heteroatoms. The Morgan fingerprint density at radius 1 is 1.09 bits per heavy atom. The molecule has 2 heterocycles. The summed E-state index contributed by atoms with van der Waals surface area (Å²) in [5, 5.41) is 6.66. The van der Waals surface area contributed by atoms with Crippen molar-refractivity contribution < 1.29 is 4.74 Å². The van der Waals surface area contributed by atoms with E-state index < -0.39 is 0 Å². The molecule has 6 nitrogen and oxygen atoms in total. The molecule has 0 aliphatic rings. The van der Waals surface area contributed by atoms with Crippen molar-refractivity contribution in [1.29, 1.82) is 0 Å². The van der Waals surface area contributed by atoms with E-state index in [1.165, 1.54) is 11.3 Å². The Morgan fingerprint density at radius 3 is 2.59 bits per heavy atom. The maximum atomic E-state index is 12.5. The van der Waals surface area contributed by atoms with Crippen molar-refractivity contribution in [1.82, 2.24) is 19.5 Å². The normalized spacial score (nSPS) is 11.4. The van der Waals surface area contributed by atoms with E-state index in [0.29, 0.717) is 23.7 Å². The van der Waals surface area contributed by atoms with E-state index in [0.717, 1.165) is 47.8 Å². The van der Waals surface area contributed by atoms with E-state index in [2.05, 4.69) is 41.8 Å². The average molecular weight is 449 g/mol. The number of aryl methyl sites for hydroxylation is 1. The number of rotatable bonds is 9. The second-order valence-corrected chi connectivity index (χ2v) is 8.53. The van der Waals surface area contributed by atoms with Crippen molar-refractivity contribution >= 4 is 16.3 Å². The summed E-state index contributed by atoms with van der Waals surface area (Å²) in [6.45, 7) is 10.0. The molecule has 0 saturated heterocycles.